The minimum Gasteiger partial charge on any atom is -0.322 e. The molecule has 0 aliphatic carbocycles. The molecule has 0 atom stereocenters. The second-order valence-corrected chi connectivity index (χ2v) is 10.4. The first kappa shape index (κ1) is 22.6. The van der Waals surface area contributed by atoms with Gasteiger partial charge in [-0.2, -0.15) is 0 Å². The van der Waals surface area contributed by atoms with Crippen LogP contribution in [0, 0.1) is 6.92 Å². The molecule has 0 aliphatic heterocycles. The number of nitrogens with one attached hydrogen (secondary N) is 1. The van der Waals surface area contributed by atoms with E-state index < -0.39 is 7.92 Å². The number of hydrogen-bond acceptors (Lipinski definition) is 3. The highest BCUT2D eigenvalue weighted by molar-refractivity contribution is 7.79. The van der Waals surface area contributed by atoms with Gasteiger partial charge in [0.25, 0.3) is 5.91 Å². The van der Waals surface area contributed by atoms with Gasteiger partial charge < -0.3 is 5.32 Å². The Balaban J connectivity index is 1.37. The van der Waals surface area contributed by atoms with Crippen LogP contribution in [0.15, 0.2) is 122 Å². The van der Waals surface area contributed by atoms with Gasteiger partial charge in [-0.15, -0.1) is 0 Å². The fourth-order valence-electron chi connectivity index (χ4n) is 3.89. The lowest BCUT2D eigenvalue weighted by Crippen LogP contribution is -2.20. The topological polar surface area (TPSA) is 54.9 Å². The number of nitrogens with zero attached hydrogens (tertiary/aromatic N) is 2. The van der Waals surface area contributed by atoms with Gasteiger partial charge in [-0.1, -0.05) is 72.8 Å². The number of benzene rings is 3. The van der Waals surface area contributed by atoms with Crippen LogP contribution < -0.4 is 21.2 Å². The first-order chi connectivity index (χ1) is 17.2. The van der Waals surface area contributed by atoms with Gasteiger partial charge in [0.1, 0.15) is 0 Å². The van der Waals surface area contributed by atoms with Crippen LogP contribution in [0.3, 0.4) is 0 Å². The highest BCUT2D eigenvalue weighted by atomic mass is 31.1. The van der Waals surface area contributed by atoms with Crippen LogP contribution in [0.1, 0.15) is 15.9 Å². The van der Waals surface area contributed by atoms with Gasteiger partial charge in [-0.3, -0.25) is 14.8 Å². The van der Waals surface area contributed by atoms with E-state index in [1.807, 2.05) is 43.3 Å². The predicted molar refractivity (Wildman–Crippen MR) is 145 cm³/mol. The normalized spacial score (nSPS) is 10.8. The van der Waals surface area contributed by atoms with Crippen molar-refractivity contribution in [1.82, 2.24) is 9.97 Å². The molecular formula is C30H24N3OP. The number of aromatic nitrogens is 2. The van der Waals surface area contributed by atoms with E-state index in [0.717, 1.165) is 16.9 Å². The molecule has 5 aromatic rings. The predicted octanol–water partition coefficient (Wildman–Crippen LogP) is 5.46. The van der Waals surface area contributed by atoms with Crippen molar-refractivity contribution in [1.29, 1.82) is 0 Å². The van der Waals surface area contributed by atoms with E-state index in [1.165, 1.54) is 15.9 Å². The molecule has 2 heterocycles. The van der Waals surface area contributed by atoms with Gasteiger partial charge in [0.2, 0.25) is 0 Å². The number of aryl methyl sites for hydroxylation is 1. The smallest absolute Gasteiger partial charge is 0.255 e. The van der Waals surface area contributed by atoms with Crippen LogP contribution in [0.2, 0.25) is 0 Å². The molecule has 5 rings (SSSR count). The first-order valence-corrected chi connectivity index (χ1v) is 12.7. The summed E-state index contributed by atoms with van der Waals surface area (Å²) in [4.78, 5) is 21.7. The van der Waals surface area contributed by atoms with Gasteiger partial charge in [0.05, 0.1) is 11.4 Å². The summed E-state index contributed by atoms with van der Waals surface area (Å²) in [5.41, 5.74) is 3.81. The molecule has 170 valence electrons. The average molecular weight is 474 g/mol. The Kier molecular flexibility index (Phi) is 6.74. The van der Waals surface area contributed by atoms with Crippen molar-refractivity contribution < 1.29 is 4.79 Å². The molecule has 4 nitrogen and oxygen atoms in total. The third-order valence-corrected chi connectivity index (χ3v) is 8.06. The van der Waals surface area contributed by atoms with Crippen LogP contribution in [-0.2, 0) is 0 Å². The van der Waals surface area contributed by atoms with Gasteiger partial charge in [0.15, 0.2) is 0 Å². The van der Waals surface area contributed by atoms with Gasteiger partial charge in [-0.25, -0.2) is 0 Å². The molecule has 0 unspecified atom stereocenters. The van der Waals surface area contributed by atoms with E-state index in [9.17, 15) is 4.79 Å². The van der Waals surface area contributed by atoms with Crippen molar-refractivity contribution in [3.63, 3.8) is 0 Å². The van der Waals surface area contributed by atoms with Crippen molar-refractivity contribution in [2.45, 2.75) is 6.92 Å². The van der Waals surface area contributed by atoms with E-state index in [2.05, 4.69) is 75.9 Å². The van der Waals surface area contributed by atoms with E-state index in [4.69, 9.17) is 0 Å². The molecule has 0 aliphatic rings. The van der Waals surface area contributed by atoms with Crippen LogP contribution in [0.25, 0.3) is 11.4 Å². The second-order valence-electron chi connectivity index (χ2n) is 8.16. The highest BCUT2D eigenvalue weighted by Crippen LogP contribution is 2.33. The quantitative estimate of drug-likeness (QED) is 0.333. The standard InChI is InChI=1S/C30H24N3OP/c1-22-16-18-31-28(20-22)29-21-23(17-19-32-29)30(34)33-24-12-14-27(15-13-24)35(25-8-4-2-5-9-25)26-10-6-3-7-11-26/h2-21H,1H3,(H,33,34). The minimum absolute atomic E-state index is 0.178. The van der Waals surface area contributed by atoms with Crippen LogP contribution in [-0.4, -0.2) is 15.9 Å². The monoisotopic (exact) mass is 473 g/mol. The molecule has 0 saturated heterocycles. The number of anilines is 1. The lowest BCUT2D eigenvalue weighted by molar-refractivity contribution is 0.102. The highest BCUT2D eigenvalue weighted by Gasteiger charge is 2.16. The summed E-state index contributed by atoms with van der Waals surface area (Å²) in [7, 11) is -0.683. The lowest BCUT2D eigenvalue weighted by Gasteiger charge is -2.19. The molecule has 0 spiro atoms. The Labute approximate surface area is 206 Å². The molecule has 5 heteroatoms. The molecule has 35 heavy (non-hydrogen) atoms. The zero-order valence-corrected chi connectivity index (χ0v) is 20.2. The molecule has 3 aromatic carbocycles. The molecule has 1 N–H and O–H groups in total. The summed E-state index contributed by atoms with van der Waals surface area (Å²) >= 11 is 0. The van der Waals surface area contributed by atoms with Crippen molar-refractivity contribution >= 4 is 35.4 Å². The van der Waals surface area contributed by atoms with E-state index in [1.54, 1.807) is 24.5 Å². The maximum Gasteiger partial charge on any atom is 0.255 e. The fraction of sp³-hybridized carbons (Fsp3) is 0.0333. The van der Waals surface area contributed by atoms with Crippen LogP contribution in [0.4, 0.5) is 5.69 Å². The van der Waals surface area contributed by atoms with Gasteiger partial charge in [0, 0.05) is 23.6 Å². The molecule has 0 bridgehead atoms. The number of carbonyl (C=O) groups is 1. The number of amides is 1. The van der Waals surface area contributed by atoms with Crippen LogP contribution in [0.5, 0.6) is 0 Å². The lowest BCUT2D eigenvalue weighted by atomic mass is 10.1. The number of rotatable bonds is 6. The molecule has 0 radical (unpaired) electrons. The number of hydrogen-bond donors (Lipinski definition) is 1. The zero-order chi connectivity index (χ0) is 24.0. The summed E-state index contributed by atoms with van der Waals surface area (Å²) < 4.78 is 0. The second kappa shape index (κ2) is 10.4. The fourth-order valence-corrected chi connectivity index (χ4v) is 6.17. The van der Waals surface area contributed by atoms with E-state index in [-0.39, 0.29) is 5.91 Å². The number of carbonyl (C=O) groups excluding carboxylic acids is 1. The molecule has 1 amide bonds. The third-order valence-electron chi connectivity index (χ3n) is 5.61. The zero-order valence-electron chi connectivity index (χ0n) is 19.3. The molecular weight excluding hydrogens is 449 g/mol. The summed E-state index contributed by atoms with van der Waals surface area (Å²) in [6, 6.07) is 36.7. The summed E-state index contributed by atoms with van der Waals surface area (Å²) in [5.74, 6) is -0.178. The van der Waals surface area contributed by atoms with Crippen molar-refractivity contribution in [2.24, 2.45) is 0 Å². The largest absolute Gasteiger partial charge is 0.322 e. The van der Waals surface area contributed by atoms with Gasteiger partial charge in [-0.05, 0) is 72.7 Å². The maximum absolute atomic E-state index is 13.0. The summed E-state index contributed by atoms with van der Waals surface area (Å²) in [5, 5.41) is 6.83. The Morgan fingerprint density at radius 1 is 0.657 bits per heavy atom. The van der Waals surface area contributed by atoms with Crippen molar-refractivity contribution in [3.05, 3.63) is 133 Å². The molecule has 2 aromatic heterocycles. The minimum atomic E-state index is -0.683. The van der Waals surface area contributed by atoms with Crippen LogP contribution >= 0.6 is 7.92 Å². The van der Waals surface area contributed by atoms with Gasteiger partial charge >= 0.3 is 0 Å². The molecule has 0 saturated carbocycles. The molecule has 0 fully saturated rings. The average Bonchev–Trinajstić information content (AvgIpc) is 2.91. The maximum atomic E-state index is 13.0. The van der Waals surface area contributed by atoms with E-state index in [0.29, 0.717) is 11.3 Å². The third kappa shape index (κ3) is 5.34. The Hall–Kier alpha value is -4.14. The Morgan fingerprint density at radius 2 is 1.20 bits per heavy atom. The number of pyridine rings is 2. The Morgan fingerprint density at radius 3 is 1.80 bits per heavy atom. The Bertz CT molecular complexity index is 1400. The summed E-state index contributed by atoms with van der Waals surface area (Å²) in [6.07, 6.45) is 3.39. The van der Waals surface area contributed by atoms with E-state index >= 15 is 0 Å². The van der Waals surface area contributed by atoms with Crippen molar-refractivity contribution in [3.8, 4) is 11.4 Å². The SMILES string of the molecule is Cc1ccnc(-c2cc(C(=O)Nc3ccc(P(c4ccccc4)c4ccccc4)cc3)ccn2)c1. The van der Waals surface area contributed by atoms with Crippen molar-refractivity contribution in [2.75, 3.05) is 5.32 Å². The summed E-state index contributed by atoms with van der Waals surface area (Å²) in [6.45, 7) is 2.01. The first-order valence-electron chi connectivity index (χ1n) is 11.4.